The molecule has 0 radical (unpaired) electrons. The van der Waals surface area contributed by atoms with Gasteiger partial charge in [0.15, 0.2) is 0 Å². The molecule has 0 bridgehead atoms. The standard InChI is InChI=1S/C15H17Cl2NO3/c1-3-21-14(20)15(2)6-7-18(15)13(19)8-10-4-5-11(16)9-12(10)17/h4-5,9H,3,6-8H2,1-2H3. The van der Waals surface area contributed by atoms with Gasteiger partial charge in [0, 0.05) is 16.6 Å². The number of rotatable bonds is 4. The summed E-state index contributed by atoms with van der Waals surface area (Å²) in [5.41, 5.74) is -0.157. The molecule has 4 nitrogen and oxygen atoms in total. The zero-order valence-electron chi connectivity index (χ0n) is 12.0. The van der Waals surface area contributed by atoms with Crippen LogP contribution in [-0.4, -0.2) is 35.5 Å². The van der Waals surface area contributed by atoms with Crippen molar-refractivity contribution >= 4 is 35.1 Å². The number of hydrogen-bond acceptors (Lipinski definition) is 3. The maximum Gasteiger partial charge on any atom is 0.331 e. The van der Waals surface area contributed by atoms with E-state index in [1.807, 2.05) is 0 Å². The molecule has 1 aliphatic heterocycles. The molecule has 0 N–H and O–H groups in total. The van der Waals surface area contributed by atoms with Crippen LogP contribution >= 0.6 is 23.2 Å². The summed E-state index contributed by atoms with van der Waals surface area (Å²) in [5, 5.41) is 0.978. The second-order valence-corrected chi connectivity index (χ2v) is 6.05. The van der Waals surface area contributed by atoms with E-state index in [2.05, 4.69) is 0 Å². The number of carbonyl (C=O) groups is 2. The van der Waals surface area contributed by atoms with E-state index in [1.165, 1.54) is 0 Å². The predicted molar refractivity (Wildman–Crippen MR) is 81.5 cm³/mol. The summed E-state index contributed by atoms with van der Waals surface area (Å²) in [6, 6.07) is 5.02. The molecule has 2 rings (SSSR count). The smallest absolute Gasteiger partial charge is 0.331 e. The summed E-state index contributed by atoms with van der Waals surface area (Å²) in [5.74, 6) is -0.493. The van der Waals surface area contributed by atoms with Gasteiger partial charge >= 0.3 is 5.97 Å². The van der Waals surface area contributed by atoms with Crippen molar-refractivity contribution in [3.63, 3.8) is 0 Å². The molecule has 0 saturated carbocycles. The van der Waals surface area contributed by atoms with Gasteiger partial charge in [-0.2, -0.15) is 0 Å². The maximum atomic E-state index is 12.4. The molecule has 0 aromatic heterocycles. The molecule has 1 aliphatic rings. The van der Waals surface area contributed by atoms with Crippen molar-refractivity contribution in [1.29, 1.82) is 0 Å². The van der Waals surface area contributed by atoms with Gasteiger partial charge in [-0.25, -0.2) is 4.79 Å². The van der Waals surface area contributed by atoms with E-state index in [1.54, 1.807) is 36.9 Å². The van der Waals surface area contributed by atoms with Gasteiger partial charge < -0.3 is 9.64 Å². The van der Waals surface area contributed by atoms with Crippen LogP contribution in [0.3, 0.4) is 0 Å². The number of nitrogens with zero attached hydrogens (tertiary/aromatic N) is 1. The van der Waals surface area contributed by atoms with Crippen molar-refractivity contribution in [1.82, 2.24) is 4.90 Å². The quantitative estimate of drug-likeness (QED) is 0.797. The fourth-order valence-corrected chi connectivity index (χ4v) is 2.86. The molecular formula is C15H17Cl2NO3. The zero-order chi connectivity index (χ0) is 15.6. The van der Waals surface area contributed by atoms with Crippen LogP contribution in [0.2, 0.25) is 10.0 Å². The van der Waals surface area contributed by atoms with Crippen LogP contribution < -0.4 is 0 Å². The lowest BCUT2D eigenvalue weighted by Gasteiger charge is -2.48. The monoisotopic (exact) mass is 329 g/mol. The van der Waals surface area contributed by atoms with Crippen molar-refractivity contribution in [2.45, 2.75) is 32.2 Å². The summed E-state index contributed by atoms with van der Waals surface area (Å²) in [4.78, 5) is 25.9. The molecule has 1 saturated heterocycles. The molecule has 6 heteroatoms. The third-order valence-corrected chi connectivity index (χ3v) is 4.38. The minimum absolute atomic E-state index is 0.138. The summed E-state index contributed by atoms with van der Waals surface area (Å²) in [6.45, 7) is 4.34. The predicted octanol–water partition coefficient (Wildman–Crippen LogP) is 3.09. The van der Waals surface area contributed by atoms with Crippen LogP contribution in [0.4, 0.5) is 0 Å². The first-order chi connectivity index (χ1) is 9.88. The first kappa shape index (κ1) is 16.1. The Kier molecular flexibility index (Phi) is 4.79. The second-order valence-electron chi connectivity index (χ2n) is 5.20. The largest absolute Gasteiger partial charge is 0.464 e. The van der Waals surface area contributed by atoms with Crippen LogP contribution in [0.5, 0.6) is 0 Å². The minimum Gasteiger partial charge on any atom is -0.464 e. The average molecular weight is 330 g/mol. The topological polar surface area (TPSA) is 46.6 Å². The number of likely N-dealkylation sites (tertiary alicyclic amines) is 1. The lowest BCUT2D eigenvalue weighted by atomic mass is 9.86. The Hall–Kier alpha value is -1.26. The second kappa shape index (κ2) is 6.24. The number of carbonyl (C=O) groups excluding carboxylic acids is 2. The van der Waals surface area contributed by atoms with Gasteiger partial charge in [-0.15, -0.1) is 0 Å². The molecule has 1 fully saturated rings. The van der Waals surface area contributed by atoms with Gasteiger partial charge in [0.05, 0.1) is 13.0 Å². The normalized spacial score (nSPS) is 20.9. The molecule has 0 spiro atoms. The molecule has 114 valence electrons. The molecule has 1 atom stereocenters. The average Bonchev–Trinajstić information content (AvgIpc) is 2.40. The highest BCUT2D eigenvalue weighted by molar-refractivity contribution is 6.35. The first-order valence-electron chi connectivity index (χ1n) is 6.80. The van der Waals surface area contributed by atoms with E-state index in [4.69, 9.17) is 27.9 Å². The SMILES string of the molecule is CCOC(=O)C1(C)CCN1C(=O)Cc1ccc(Cl)cc1Cl. The van der Waals surface area contributed by atoms with Gasteiger partial charge in [-0.05, 0) is 38.0 Å². The number of halogens is 2. The molecule has 1 heterocycles. The van der Waals surface area contributed by atoms with Crippen molar-refractivity contribution in [3.8, 4) is 0 Å². The van der Waals surface area contributed by atoms with Crippen LogP contribution in [0, 0.1) is 0 Å². The van der Waals surface area contributed by atoms with Crippen molar-refractivity contribution in [2.24, 2.45) is 0 Å². The van der Waals surface area contributed by atoms with Gasteiger partial charge in [0.25, 0.3) is 0 Å². The number of hydrogen-bond donors (Lipinski definition) is 0. The Morgan fingerprint density at radius 1 is 1.38 bits per heavy atom. The molecule has 1 unspecified atom stereocenters. The fraction of sp³-hybridized carbons (Fsp3) is 0.467. The summed E-state index contributed by atoms with van der Waals surface area (Å²) in [7, 11) is 0. The van der Waals surface area contributed by atoms with Gasteiger partial charge in [-0.1, -0.05) is 29.3 Å². The Morgan fingerprint density at radius 2 is 2.10 bits per heavy atom. The Balaban J connectivity index is 2.08. The first-order valence-corrected chi connectivity index (χ1v) is 7.55. The molecule has 1 amide bonds. The van der Waals surface area contributed by atoms with Crippen molar-refractivity contribution in [2.75, 3.05) is 13.2 Å². The van der Waals surface area contributed by atoms with E-state index in [0.29, 0.717) is 35.2 Å². The van der Waals surface area contributed by atoms with Crippen molar-refractivity contribution in [3.05, 3.63) is 33.8 Å². The number of esters is 1. The Bertz CT molecular complexity index is 576. The summed E-state index contributed by atoms with van der Waals surface area (Å²) >= 11 is 11.9. The van der Waals surface area contributed by atoms with E-state index in [-0.39, 0.29) is 18.3 Å². The Morgan fingerprint density at radius 3 is 2.62 bits per heavy atom. The number of ether oxygens (including phenoxy) is 1. The maximum absolute atomic E-state index is 12.4. The minimum atomic E-state index is -0.855. The van der Waals surface area contributed by atoms with E-state index < -0.39 is 5.54 Å². The van der Waals surface area contributed by atoms with Crippen LogP contribution in [-0.2, 0) is 20.7 Å². The third-order valence-electron chi connectivity index (χ3n) is 3.79. The lowest BCUT2D eigenvalue weighted by molar-refractivity contribution is -0.173. The highest BCUT2D eigenvalue weighted by atomic mass is 35.5. The number of benzene rings is 1. The van der Waals surface area contributed by atoms with Crippen LogP contribution in [0.25, 0.3) is 0 Å². The molecule has 0 aliphatic carbocycles. The molecule has 21 heavy (non-hydrogen) atoms. The van der Waals surface area contributed by atoms with E-state index in [9.17, 15) is 9.59 Å². The summed E-state index contributed by atoms with van der Waals surface area (Å²) in [6.07, 6.45) is 0.761. The third kappa shape index (κ3) is 3.16. The lowest BCUT2D eigenvalue weighted by Crippen LogP contribution is -2.65. The number of amides is 1. The van der Waals surface area contributed by atoms with Gasteiger partial charge in [-0.3, -0.25) is 4.79 Å². The van der Waals surface area contributed by atoms with E-state index >= 15 is 0 Å². The fourth-order valence-electron chi connectivity index (χ4n) is 2.38. The molecular weight excluding hydrogens is 313 g/mol. The molecule has 1 aromatic rings. The molecule has 1 aromatic carbocycles. The highest BCUT2D eigenvalue weighted by Gasteiger charge is 2.50. The summed E-state index contributed by atoms with van der Waals surface area (Å²) < 4.78 is 5.04. The van der Waals surface area contributed by atoms with Gasteiger partial charge in [0.1, 0.15) is 5.54 Å². The highest BCUT2D eigenvalue weighted by Crippen LogP contribution is 2.33. The van der Waals surface area contributed by atoms with Crippen LogP contribution in [0.15, 0.2) is 18.2 Å². The zero-order valence-corrected chi connectivity index (χ0v) is 13.5. The Labute approximate surface area is 134 Å². The van der Waals surface area contributed by atoms with Crippen molar-refractivity contribution < 1.29 is 14.3 Å². The van der Waals surface area contributed by atoms with E-state index in [0.717, 1.165) is 0 Å². The van der Waals surface area contributed by atoms with Gasteiger partial charge in [0.2, 0.25) is 5.91 Å². The van der Waals surface area contributed by atoms with Crippen LogP contribution in [0.1, 0.15) is 25.8 Å².